The van der Waals surface area contributed by atoms with Crippen molar-refractivity contribution in [3.8, 4) is 0 Å². The van der Waals surface area contributed by atoms with Gasteiger partial charge in [0.15, 0.2) is 5.82 Å². The van der Waals surface area contributed by atoms with Crippen molar-refractivity contribution >= 4 is 17.8 Å². The molecule has 0 bridgehead atoms. The Balaban J connectivity index is 1.78. The fourth-order valence-electron chi connectivity index (χ4n) is 2.85. The smallest absolute Gasteiger partial charge is 0.263 e. The van der Waals surface area contributed by atoms with Crippen LogP contribution in [0.5, 0.6) is 0 Å². The number of aryl methyl sites for hydroxylation is 1. The third kappa shape index (κ3) is 2.39. The van der Waals surface area contributed by atoms with Gasteiger partial charge in [0.25, 0.3) is 0 Å². The lowest BCUT2D eigenvalue weighted by molar-refractivity contribution is -0.144. The minimum absolute atomic E-state index is 0.125. The average Bonchev–Trinajstić information content (AvgIpc) is 2.98. The molecule has 3 rings (SSSR count). The topological polar surface area (TPSA) is 101 Å². The van der Waals surface area contributed by atoms with Crippen molar-refractivity contribution < 1.29 is 14.4 Å². The summed E-state index contributed by atoms with van der Waals surface area (Å²) in [5.41, 5.74) is 0. The summed E-state index contributed by atoms with van der Waals surface area (Å²) in [4.78, 5) is 39.7. The third-order valence-corrected chi connectivity index (χ3v) is 3.87. The zero-order valence-corrected chi connectivity index (χ0v) is 11.7. The zero-order valence-electron chi connectivity index (χ0n) is 11.7. The van der Waals surface area contributed by atoms with E-state index < -0.39 is 17.8 Å². The van der Waals surface area contributed by atoms with Crippen LogP contribution in [0.25, 0.3) is 0 Å². The van der Waals surface area contributed by atoms with Crippen LogP contribution in [0.4, 0.5) is 4.79 Å². The number of rotatable bonds is 3. The second-order valence-electron chi connectivity index (χ2n) is 5.34. The Morgan fingerprint density at radius 3 is 2.43 bits per heavy atom. The highest BCUT2D eigenvalue weighted by Crippen LogP contribution is 2.27. The van der Waals surface area contributed by atoms with Crippen molar-refractivity contribution in [2.75, 3.05) is 0 Å². The normalized spacial score (nSPS) is 20.7. The summed E-state index contributed by atoms with van der Waals surface area (Å²) in [7, 11) is 1.59. The van der Waals surface area contributed by atoms with Crippen molar-refractivity contribution in [2.45, 2.75) is 44.7 Å². The molecule has 1 aromatic heterocycles. The van der Waals surface area contributed by atoms with Gasteiger partial charge in [-0.1, -0.05) is 19.3 Å². The average molecular weight is 292 g/mol. The molecule has 0 radical (unpaired) electrons. The second kappa shape index (κ2) is 5.23. The molecule has 1 saturated carbocycles. The summed E-state index contributed by atoms with van der Waals surface area (Å²) in [6.07, 6.45) is 4.58. The first-order valence-electron chi connectivity index (χ1n) is 7.00. The number of nitrogens with zero attached hydrogens (tertiary/aromatic N) is 6. The monoisotopic (exact) mass is 292 g/mol. The molecule has 21 heavy (non-hydrogen) atoms. The van der Waals surface area contributed by atoms with E-state index in [0.29, 0.717) is 0 Å². The highest BCUT2D eigenvalue weighted by Gasteiger charge is 2.48. The number of tetrazole rings is 1. The summed E-state index contributed by atoms with van der Waals surface area (Å²) < 4.78 is 0. The minimum Gasteiger partial charge on any atom is -0.263 e. The molecule has 2 aliphatic rings. The number of amides is 4. The van der Waals surface area contributed by atoms with E-state index >= 15 is 0 Å². The predicted molar refractivity (Wildman–Crippen MR) is 68.5 cm³/mol. The Labute approximate surface area is 120 Å². The van der Waals surface area contributed by atoms with Gasteiger partial charge in [-0.3, -0.25) is 14.5 Å². The van der Waals surface area contributed by atoms with Gasteiger partial charge >= 0.3 is 17.8 Å². The van der Waals surface area contributed by atoms with Crippen molar-refractivity contribution in [3.63, 3.8) is 0 Å². The van der Waals surface area contributed by atoms with Crippen LogP contribution in [0.3, 0.4) is 0 Å². The number of urea groups is 1. The lowest BCUT2D eigenvalue weighted by Crippen LogP contribution is -2.42. The number of hydrogen-bond acceptors (Lipinski definition) is 6. The highest BCUT2D eigenvalue weighted by molar-refractivity contribution is 6.44. The lowest BCUT2D eigenvalue weighted by Gasteiger charge is -2.28. The molecule has 2 fully saturated rings. The van der Waals surface area contributed by atoms with Crippen molar-refractivity contribution in [1.29, 1.82) is 0 Å². The number of carbonyl (C=O) groups excluding carboxylic acids is 3. The number of aromatic nitrogens is 4. The van der Waals surface area contributed by atoms with E-state index in [9.17, 15) is 14.4 Å². The molecule has 0 spiro atoms. The molecular weight excluding hydrogens is 276 g/mol. The molecule has 0 unspecified atom stereocenters. The molecule has 9 heteroatoms. The van der Waals surface area contributed by atoms with Gasteiger partial charge in [0, 0.05) is 6.04 Å². The molecule has 0 atom stereocenters. The zero-order chi connectivity index (χ0) is 15.0. The Morgan fingerprint density at radius 2 is 1.81 bits per heavy atom. The van der Waals surface area contributed by atoms with E-state index in [1.807, 2.05) is 0 Å². The van der Waals surface area contributed by atoms with Crippen LogP contribution < -0.4 is 0 Å². The molecule has 1 saturated heterocycles. The van der Waals surface area contributed by atoms with Gasteiger partial charge in [-0.25, -0.2) is 9.69 Å². The maximum Gasteiger partial charge on any atom is 0.334 e. The standard InChI is InChI=1S/C12H16N6O3/c1-16-14-9(13-15-16)7-17-10(19)11(20)18(12(17)21)8-5-3-2-4-6-8/h8H,2-7H2,1H3. The van der Waals surface area contributed by atoms with Crippen molar-refractivity contribution in [3.05, 3.63) is 5.82 Å². The van der Waals surface area contributed by atoms with E-state index in [0.717, 1.165) is 41.9 Å². The van der Waals surface area contributed by atoms with Crippen LogP contribution in [0, 0.1) is 0 Å². The largest absolute Gasteiger partial charge is 0.334 e. The fraction of sp³-hybridized carbons (Fsp3) is 0.667. The fourth-order valence-corrected chi connectivity index (χ4v) is 2.85. The molecule has 9 nitrogen and oxygen atoms in total. The minimum atomic E-state index is -0.807. The van der Waals surface area contributed by atoms with Gasteiger partial charge in [0.2, 0.25) is 0 Å². The second-order valence-corrected chi connectivity index (χ2v) is 5.34. The van der Waals surface area contributed by atoms with Crippen LogP contribution in [-0.2, 0) is 23.2 Å². The Bertz CT molecular complexity index is 592. The van der Waals surface area contributed by atoms with E-state index in [4.69, 9.17) is 0 Å². The van der Waals surface area contributed by atoms with E-state index in [-0.39, 0.29) is 18.4 Å². The van der Waals surface area contributed by atoms with Crippen molar-refractivity contribution in [2.24, 2.45) is 7.05 Å². The number of hydrogen-bond donors (Lipinski definition) is 0. The molecule has 1 aromatic rings. The quantitative estimate of drug-likeness (QED) is 0.566. The first-order valence-corrected chi connectivity index (χ1v) is 7.00. The van der Waals surface area contributed by atoms with Gasteiger partial charge in [0.1, 0.15) is 0 Å². The third-order valence-electron chi connectivity index (χ3n) is 3.87. The molecular formula is C12H16N6O3. The van der Waals surface area contributed by atoms with Gasteiger partial charge < -0.3 is 0 Å². The first-order chi connectivity index (χ1) is 10.1. The summed E-state index contributed by atoms with van der Waals surface area (Å²) >= 11 is 0. The molecule has 0 N–H and O–H groups in total. The molecule has 112 valence electrons. The lowest BCUT2D eigenvalue weighted by atomic mass is 9.94. The molecule has 1 aliphatic heterocycles. The highest BCUT2D eigenvalue weighted by atomic mass is 16.2. The Kier molecular flexibility index (Phi) is 3.40. The number of imide groups is 2. The SMILES string of the molecule is Cn1nnc(CN2C(=O)C(=O)N(C3CCCCC3)C2=O)n1. The van der Waals surface area contributed by atoms with Gasteiger partial charge in [-0.2, -0.15) is 4.80 Å². The maximum absolute atomic E-state index is 12.4. The van der Waals surface area contributed by atoms with E-state index in [2.05, 4.69) is 15.4 Å². The van der Waals surface area contributed by atoms with Gasteiger partial charge in [0.05, 0.1) is 13.6 Å². The van der Waals surface area contributed by atoms with Crippen LogP contribution in [-0.4, -0.2) is 53.9 Å². The molecule has 1 aliphatic carbocycles. The molecule has 4 amide bonds. The van der Waals surface area contributed by atoms with Gasteiger partial charge in [-0.15, -0.1) is 10.2 Å². The van der Waals surface area contributed by atoms with Crippen LogP contribution in [0.2, 0.25) is 0 Å². The summed E-state index contributed by atoms with van der Waals surface area (Å²) in [5, 5.41) is 11.3. The Morgan fingerprint density at radius 1 is 1.10 bits per heavy atom. The summed E-state index contributed by atoms with van der Waals surface area (Å²) in [6, 6.07) is -0.730. The summed E-state index contributed by atoms with van der Waals surface area (Å²) in [5.74, 6) is -1.31. The maximum atomic E-state index is 12.4. The Hall–Kier alpha value is -2.32. The van der Waals surface area contributed by atoms with E-state index in [1.54, 1.807) is 7.05 Å². The van der Waals surface area contributed by atoms with Crippen molar-refractivity contribution in [1.82, 2.24) is 30.0 Å². The van der Waals surface area contributed by atoms with Gasteiger partial charge in [-0.05, 0) is 18.1 Å². The molecule has 0 aromatic carbocycles. The predicted octanol–water partition coefficient (Wildman–Crippen LogP) is -0.166. The van der Waals surface area contributed by atoms with Crippen LogP contribution >= 0.6 is 0 Å². The van der Waals surface area contributed by atoms with Crippen LogP contribution in [0.15, 0.2) is 0 Å². The molecule has 2 heterocycles. The number of carbonyl (C=O) groups is 3. The summed E-state index contributed by atoms with van der Waals surface area (Å²) in [6.45, 7) is -0.125. The first kappa shape index (κ1) is 13.7. The van der Waals surface area contributed by atoms with E-state index in [1.165, 1.54) is 4.80 Å². The van der Waals surface area contributed by atoms with Crippen LogP contribution in [0.1, 0.15) is 37.9 Å².